The summed E-state index contributed by atoms with van der Waals surface area (Å²) in [4.78, 5) is 2.31. The summed E-state index contributed by atoms with van der Waals surface area (Å²) in [7, 11) is 0. The summed E-state index contributed by atoms with van der Waals surface area (Å²) in [5.41, 5.74) is 1.52. The molecule has 106 valence electrons. The molecule has 0 unspecified atom stereocenters. The third kappa shape index (κ3) is 4.56. The maximum Gasteiger partial charge on any atom is 0.128 e. The van der Waals surface area contributed by atoms with Gasteiger partial charge in [-0.15, -0.1) is 0 Å². The van der Waals surface area contributed by atoms with Crippen molar-refractivity contribution in [2.45, 2.75) is 27.2 Å². The second kappa shape index (κ2) is 8.53. The first-order valence-corrected chi connectivity index (χ1v) is 6.92. The number of hydrogen-bond donors (Lipinski definition) is 1. The van der Waals surface area contributed by atoms with E-state index < -0.39 is 0 Å². The molecular formula is C15H24N2O2. The van der Waals surface area contributed by atoms with Gasteiger partial charge in [0.1, 0.15) is 12.4 Å². The minimum absolute atomic E-state index is 0.640. The summed E-state index contributed by atoms with van der Waals surface area (Å²) < 4.78 is 5.82. The number of ether oxygens (including phenoxy) is 1. The molecule has 0 fully saturated rings. The summed E-state index contributed by atoms with van der Waals surface area (Å²) in [6.07, 6.45) is 0.674. The van der Waals surface area contributed by atoms with Gasteiger partial charge in [0.15, 0.2) is 0 Å². The molecule has 1 N–H and O–H groups in total. The van der Waals surface area contributed by atoms with Gasteiger partial charge in [0, 0.05) is 12.1 Å². The first kappa shape index (κ1) is 15.5. The summed E-state index contributed by atoms with van der Waals surface area (Å²) >= 11 is 0. The zero-order valence-corrected chi connectivity index (χ0v) is 12.1. The van der Waals surface area contributed by atoms with Crippen LogP contribution in [0.1, 0.15) is 32.8 Å². The van der Waals surface area contributed by atoms with Crippen LogP contribution in [0.15, 0.2) is 29.4 Å². The quantitative estimate of drug-likeness (QED) is 0.446. The average Bonchev–Trinajstić information content (AvgIpc) is 2.46. The van der Waals surface area contributed by atoms with E-state index >= 15 is 0 Å². The van der Waals surface area contributed by atoms with Crippen molar-refractivity contribution >= 4 is 5.71 Å². The Hall–Kier alpha value is -1.55. The number of benzene rings is 1. The van der Waals surface area contributed by atoms with Crippen LogP contribution in [-0.4, -0.2) is 42.1 Å². The van der Waals surface area contributed by atoms with Crippen LogP contribution in [-0.2, 0) is 0 Å². The lowest BCUT2D eigenvalue weighted by Gasteiger charge is -2.19. The van der Waals surface area contributed by atoms with E-state index in [1.54, 1.807) is 0 Å². The highest BCUT2D eigenvalue weighted by atomic mass is 16.5. The normalized spacial score (nSPS) is 11.9. The molecule has 19 heavy (non-hydrogen) atoms. The van der Waals surface area contributed by atoms with E-state index in [1.165, 1.54) is 0 Å². The topological polar surface area (TPSA) is 45.1 Å². The van der Waals surface area contributed by atoms with Crippen LogP contribution in [0.5, 0.6) is 5.75 Å². The van der Waals surface area contributed by atoms with Gasteiger partial charge in [-0.1, -0.05) is 38.1 Å². The standard InChI is InChI=1S/C15H24N2O2/c1-4-14(16-18)13-9-7-8-10-15(13)19-12-11-17(5-2)6-3/h7-10,18H,4-6,11-12H2,1-3H3/b16-14+. The van der Waals surface area contributed by atoms with Crippen LogP contribution in [0.25, 0.3) is 0 Å². The second-order valence-corrected chi connectivity index (χ2v) is 4.27. The molecule has 0 aromatic heterocycles. The van der Waals surface area contributed by atoms with Gasteiger partial charge in [0.25, 0.3) is 0 Å². The van der Waals surface area contributed by atoms with E-state index in [-0.39, 0.29) is 0 Å². The van der Waals surface area contributed by atoms with E-state index in [1.807, 2.05) is 31.2 Å². The van der Waals surface area contributed by atoms with Crippen molar-refractivity contribution in [3.63, 3.8) is 0 Å². The van der Waals surface area contributed by atoms with Gasteiger partial charge in [-0.3, -0.25) is 0 Å². The molecule has 0 aliphatic heterocycles. The van der Waals surface area contributed by atoms with Crippen LogP contribution < -0.4 is 4.74 Å². The molecule has 0 aliphatic carbocycles. The van der Waals surface area contributed by atoms with Crippen molar-refractivity contribution in [1.82, 2.24) is 4.90 Å². The summed E-state index contributed by atoms with van der Waals surface area (Å²) in [6.45, 7) is 9.84. The van der Waals surface area contributed by atoms with E-state index in [0.29, 0.717) is 18.7 Å². The molecule has 0 heterocycles. The van der Waals surface area contributed by atoms with E-state index in [4.69, 9.17) is 9.94 Å². The number of oxime groups is 1. The van der Waals surface area contributed by atoms with Crippen molar-refractivity contribution in [2.75, 3.05) is 26.2 Å². The number of likely N-dealkylation sites (N-methyl/N-ethyl adjacent to an activating group) is 1. The first-order valence-electron chi connectivity index (χ1n) is 6.92. The van der Waals surface area contributed by atoms with Crippen molar-refractivity contribution in [1.29, 1.82) is 0 Å². The third-order valence-electron chi connectivity index (χ3n) is 3.21. The lowest BCUT2D eigenvalue weighted by Crippen LogP contribution is -2.28. The zero-order chi connectivity index (χ0) is 14.1. The fourth-order valence-corrected chi connectivity index (χ4v) is 1.97. The van der Waals surface area contributed by atoms with Gasteiger partial charge in [0.05, 0.1) is 5.71 Å². The number of nitrogens with zero attached hydrogens (tertiary/aromatic N) is 2. The lowest BCUT2D eigenvalue weighted by molar-refractivity contribution is 0.222. The van der Waals surface area contributed by atoms with Crippen LogP contribution in [0.3, 0.4) is 0 Å². The van der Waals surface area contributed by atoms with E-state index in [0.717, 1.165) is 30.9 Å². The molecular weight excluding hydrogens is 240 g/mol. The van der Waals surface area contributed by atoms with Crippen molar-refractivity contribution < 1.29 is 9.94 Å². The molecule has 1 aromatic carbocycles. The van der Waals surface area contributed by atoms with E-state index in [2.05, 4.69) is 23.9 Å². The Balaban J connectivity index is 2.68. The van der Waals surface area contributed by atoms with Crippen LogP contribution in [0.4, 0.5) is 0 Å². The Bertz CT molecular complexity index is 401. The summed E-state index contributed by atoms with van der Waals surface area (Å²) in [5, 5.41) is 12.4. The minimum Gasteiger partial charge on any atom is -0.492 e. The zero-order valence-electron chi connectivity index (χ0n) is 12.1. The lowest BCUT2D eigenvalue weighted by atomic mass is 10.1. The Morgan fingerprint density at radius 1 is 1.21 bits per heavy atom. The van der Waals surface area contributed by atoms with Gasteiger partial charge in [-0.25, -0.2) is 0 Å². The van der Waals surface area contributed by atoms with Gasteiger partial charge in [-0.2, -0.15) is 0 Å². The van der Waals surface area contributed by atoms with E-state index in [9.17, 15) is 0 Å². The Kier molecular flexibility index (Phi) is 6.97. The number of para-hydroxylation sites is 1. The molecule has 0 aliphatic rings. The Morgan fingerprint density at radius 3 is 2.47 bits per heavy atom. The molecule has 0 atom stereocenters. The summed E-state index contributed by atoms with van der Waals surface area (Å²) in [5.74, 6) is 0.782. The fraction of sp³-hybridized carbons (Fsp3) is 0.533. The smallest absolute Gasteiger partial charge is 0.128 e. The number of rotatable bonds is 8. The molecule has 0 radical (unpaired) electrons. The van der Waals surface area contributed by atoms with Crippen molar-refractivity contribution in [2.24, 2.45) is 5.16 Å². The van der Waals surface area contributed by atoms with Gasteiger partial charge >= 0.3 is 0 Å². The van der Waals surface area contributed by atoms with Crippen LogP contribution in [0, 0.1) is 0 Å². The monoisotopic (exact) mass is 264 g/mol. The molecule has 0 amide bonds. The Morgan fingerprint density at radius 2 is 1.89 bits per heavy atom. The molecule has 0 saturated carbocycles. The molecule has 0 spiro atoms. The largest absolute Gasteiger partial charge is 0.492 e. The molecule has 4 heteroatoms. The van der Waals surface area contributed by atoms with Gasteiger partial charge in [-0.05, 0) is 31.6 Å². The third-order valence-corrected chi connectivity index (χ3v) is 3.21. The maximum atomic E-state index is 9.02. The predicted octanol–water partition coefficient (Wildman–Crippen LogP) is 3.00. The highest BCUT2D eigenvalue weighted by molar-refractivity contribution is 6.02. The SMILES string of the molecule is CC/C(=N\O)c1ccccc1OCCN(CC)CC. The molecule has 0 bridgehead atoms. The Labute approximate surface area is 115 Å². The number of hydrogen-bond acceptors (Lipinski definition) is 4. The minimum atomic E-state index is 0.640. The summed E-state index contributed by atoms with van der Waals surface area (Å²) in [6, 6.07) is 7.69. The first-order chi connectivity index (χ1) is 9.26. The second-order valence-electron chi connectivity index (χ2n) is 4.27. The molecule has 1 aromatic rings. The van der Waals surface area contributed by atoms with Gasteiger partial charge < -0.3 is 14.8 Å². The molecule has 4 nitrogen and oxygen atoms in total. The highest BCUT2D eigenvalue weighted by Gasteiger charge is 2.09. The van der Waals surface area contributed by atoms with Crippen LogP contribution >= 0.6 is 0 Å². The van der Waals surface area contributed by atoms with Crippen molar-refractivity contribution in [3.05, 3.63) is 29.8 Å². The molecule has 1 rings (SSSR count). The molecule has 0 saturated heterocycles. The van der Waals surface area contributed by atoms with Crippen LogP contribution in [0.2, 0.25) is 0 Å². The fourth-order valence-electron chi connectivity index (χ4n) is 1.97. The average molecular weight is 264 g/mol. The van der Waals surface area contributed by atoms with Crippen molar-refractivity contribution in [3.8, 4) is 5.75 Å². The highest BCUT2D eigenvalue weighted by Crippen LogP contribution is 2.20. The van der Waals surface area contributed by atoms with Gasteiger partial charge in [0.2, 0.25) is 0 Å². The maximum absolute atomic E-state index is 9.02. The predicted molar refractivity (Wildman–Crippen MR) is 78.3 cm³/mol.